The number of aromatic nitrogens is 1. The average Bonchev–Trinajstić information content (AvgIpc) is 2.49. The van der Waals surface area contributed by atoms with Gasteiger partial charge in [0.25, 0.3) is 11.6 Å². The summed E-state index contributed by atoms with van der Waals surface area (Å²) >= 11 is 0. The number of nitrogens with zero attached hydrogens (tertiary/aromatic N) is 2. The van der Waals surface area contributed by atoms with E-state index in [1.165, 1.54) is 24.4 Å². The molecule has 0 saturated carbocycles. The van der Waals surface area contributed by atoms with Gasteiger partial charge in [-0.2, -0.15) is 0 Å². The van der Waals surface area contributed by atoms with E-state index in [-0.39, 0.29) is 11.4 Å². The third kappa shape index (κ3) is 3.12. The topological polar surface area (TPSA) is 123 Å². The zero-order valence-corrected chi connectivity index (χ0v) is 11.2. The number of benzene rings is 1. The summed E-state index contributed by atoms with van der Waals surface area (Å²) < 4.78 is 0. The normalized spacial score (nSPS) is 10.0. The molecule has 1 aromatic heterocycles. The van der Waals surface area contributed by atoms with Crippen molar-refractivity contribution in [1.82, 2.24) is 4.98 Å². The molecule has 0 fully saturated rings. The summed E-state index contributed by atoms with van der Waals surface area (Å²) in [5.41, 5.74) is 3.78. The highest BCUT2D eigenvalue weighted by molar-refractivity contribution is 6.04. The maximum atomic E-state index is 12.1. The zero-order chi connectivity index (χ0) is 15.4. The number of nitrogen functional groups attached to an aromatic ring is 1. The maximum absolute atomic E-state index is 12.1. The molecule has 0 aliphatic rings. The van der Waals surface area contributed by atoms with Crippen molar-refractivity contribution in [2.24, 2.45) is 5.84 Å². The van der Waals surface area contributed by atoms with E-state index in [0.29, 0.717) is 16.9 Å². The van der Waals surface area contributed by atoms with Gasteiger partial charge in [0.2, 0.25) is 0 Å². The summed E-state index contributed by atoms with van der Waals surface area (Å²) in [6, 6.07) is 7.55. The highest BCUT2D eigenvalue weighted by Crippen LogP contribution is 2.25. The molecule has 0 saturated heterocycles. The molecule has 2 aromatic rings. The van der Waals surface area contributed by atoms with Crippen LogP contribution in [0.4, 0.5) is 17.1 Å². The van der Waals surface area contributed by atoms with Crippen LogP contribution in [0.5, 0.6) is 0 Å². The molecule has 21 heavy (non-hydrogen) atoms. The van der Waals surface area contributed by atoms with E-state index in [4.69, 9.17) is 5.84 Å². The number of nitrogens with one attached hydrogen (secondary N) is 2. The highest BCUT2D eigenvalue weighted by Gasteiger charge is 2.16. The van der Waals surface area contributed by atoms with Crippen molar-refractivity contribution >= 4 is 23.0 Å². The minimum absolute atomic E-state index is 0.0573. The van der Waals surface area contributed by atoms with Gasteiger partial charge in [0.1, 0.15) is 5.69 Å². The number of anilines is 2. The fraction of sp³-hybridized carbons (Fsp3) is 0.0769. The molecule has 0 aliphatic heterocycles. The van der Waals surface area contributed by atoms with Gasteiger partial charge in [0, 0.05) is 12.3 Å². The Morgan fingerprint density at radius 2 is 2.14 bits per heavy atom. The SMILES string of the molecule is Cc1c(NC(=O)c2cc(NN)ccn2)cccc1[N+](=O)[O-]. The third-order valence-electron chi connectivity index (χ3n) is 2.91. The van der Waals surface area contributed by atoms with Gasteiger partial charge < -0.3 is 10.7 Å². The van der Waals surface area contributed by atoms with Gasteiger partial charge in [0.05, 0.1) is 21.9 Å². The second-order valence-electron chi connectivity index (χ2n) is 4.24. The van der Waals surface area contributed by atoms with Gasteiger partial charge >= 0.3 is 0 Å². The Labute approximate surface area is 120 Å². The molecule has 8 heteroatoms. The molecule has 8 nitrogen and oxygen atoms in total. The van der Waals surface area contributed by atoms with Crippen molar-refractivity contribution in [3.05, 3.63) is 57.9 Å². The van der Waals surface area contributed by atoms with Crippen LogP contribution >= 0.6 is 0 Å². The molecule has 4 N–H and O–H groups in total. The number of rotatable bonds is 4. The Bertz CT molecular complexity index is 702. The number of carbonyl (C=O) groups is 1. The number of nitro benzene ring substituents is 1. The molecule has 1 aromatic carbocycles. The first-order valence-electron chi connectivity index (χ1n) is 6.01. The van der Waals surface area contributed by atoms with E-state index in [0.717, 1.165) is 0 Å². The Hall–Kier alpha value is -3.00. The quantitative estimate of drug-likeness (QED) is 0.448. The van der Waals surface area contributed by atoms with Crippen LogP contribution in [0.15, 0.2) is 36.5 Å². The first kappa shape index (κ1) is 14.4. The predicted molar refractivity (Wildman–Crippen MR) is 77.8 cm³/mol. The van der Waals surface area contributed by atoms with Crippen LogP contribution in [-0.4, -0.2) is 15.8 Å². The third-order valence-corrected chi connectivity index (χ3v) is 2.91. The van der Waals surface area contributed by atoms with E-state index in [2.05, 4.69) is 15.7 Å². The molecular formula is C13H13N5O3. The van der Waals surface area contributed by atoms with Crippen LogP contribution in [0.3, 0.4) is 0 Å². The van der Waals surface area contributed by atoms with Gasteiger partial charge in [-0.15, -0.1) is 0 Å². The summed E-state index contributed by atoms with van der Waals surface area (Å²) in [6.45, 7) is 1.57. The fourth-order valence-electron chi connectivity index (χ4n) is 1.79. The predicted octanol–water partition coefficient (Wildman–Crippen LogP) is 1.84. The van der Waals surface area contributed by atoms with Crippen molar-refractivity contribution in [1.29, 1.82) is 0 Å². The van der Waals surface area contributed by atoms with Crippen molar-refractivity contribution in [2.45, 2.75) is 6.92 Å². The lowest BCUT2D eigenvalue weighted by molar-refractivity contribution is -0.385. The standard InChI is InChI=1S/C13H13N5O3/c1-8-10(3-2-4-12(8)18(20)21)16-13(19)11-7-9(17-14)5-6-15-11/h2-7H,14H2,1H3,(H,15,17)(H,16,19). The second-order valence-corrected chi connectivity index (χ2v) is 4.24. The lowest BCUT2D eigenvalue weighted by Crippen LogP contribution is -2.16. The van der Waals surface area contributed by atoms with Crippen LogP contribution in [0.25, 0.3) is 0 Å². The van der Waals surface area contributed by atoms with E-state index < -0.39 is 10.8 Å². The molecule has 0 unspecified atom stereocenters. The maximum Gasteiger partial charge on any atom is 0.274 e. The largest absolute Gasteiger partial charge is 0.324 e. The molecule has 1 amide bonds. The second kappa shape index (κ2) is 5.97. The van der Waals surface area contributed by atoms with E-state index in [1.807, 2.05) is 0 Å². The van der Waals surface area contributed by atoms with Crippen LogP contribution in [-0.2, 0) is 0 Å². The molecule has 0 spiro atoms. The molecule has 2 rings (SSSR count). The van der Waals surface area contributed by atoms with Crippen LogP contribution in [0.1, 0.15) is 16.1 Å². The number of nitrogens with two attached hydrogens (primary N) is 1. The first-order valence-corrected chi connectivity index (χ1v) is 6.01. The minimum Gasteiger partial charge on any atom is -0.324 e. The van der Waals surface area contributed by atoms with Crippen molar-refractivity contribution < 1.29 is 9.72 Å². The summed E-state index contributed by atoms with van der Waals surface area (Å²) in [4.78, 5) is 26.4. The molecule has 0 bridgehead atoms. The fourth-order valence-corrected chi connectivity index (χ4v) is 1.79. The number of hydrogen-bond donors (Lipinski definition) is 3. The highest BCUT2D eigenvalue weighted by atomic mass is 16.6. The van der Waals surface area contributed by atoms with Gasteiger partial charge in [-0.05, 0) is 25.1 Å². The lowest BCUT2D eigenvalue weighted by atomic mass is 10.1. The summed E-state index contributed by atoms with van der Waals surface area (Å²) in [7, 11) is 0. The summed E-state index contributed by atoms with van der Waals surface area (Å²) in [5, 5.41) is 13.5. The molecule has 108 valence electrons. The number of nitro groups is 1. The molecule has 0 radical (unpaired) electrons. The summed E-state index contributed by atoms with van der Waals surface area (Å²) in [6.07, 6.45) is 1.43. The smallest absolute Gasteiger partial charge is 0.274 e. The van der Waals surface area contributed by atoms with Crippen molar-refractivity contribution in [3.63, 3.8) is 0 Å². The number of pyridine rings is 1. The van der Waals surface area contributed by atoms with E-state index in [9.17, 15) is 14.9 Å². The Kier molecular flexibility index (Phi) is 4.10. The van der Waals surface area contributed by atoms with Gasteiger partial charge in [-0.1, -0.05) is 6.07 Å². The Morgan fingerprint density at radius 3 is 2.81 bits per heavy atom. The monoisotopic (exact) mass is 287 g/mol. The average molecular weight is 287 g/mol. The van der Waals surface area contributed by atoms with Crippen molar-refractivity contribution in [3.8, 4) is 0 Å². The number of carbonyl (C=O) groups excluding carboxylic acids is 1. The van der Waals surface area contributed by atoms with Gasteiger partial charge in [-0.25, -0.2) is 0 Å². The number of hydrazine groups is 1. The number of amides is 1. The zero-order valence-electron chi connectivity index (χ0n) is 11.2. The lowest BCUT2D eigenvalue weighted by Gasteiger charge is -2.08. The minimum atomic E-state index is -0.498. The Balaban J connectivity index is 2.27. The molecule has 1 heterocycles. The van der Waals surface area contributed by atoms with E-state index >= 15 is 0 Å². The van der Waals surface area contributed by atoms with Crippen LogP contribution in [0.2, 0.25) is 0 Å². The Morgan fingerprint density at radius 1 is 1.38 bits per heavy atom. The van der Waals surface area contributed by atoms with Crippen LogP contribution in [0, 0.1) is 17.0 Å². The molecular weight excluding hydrogens is 274 g/mol. The van der Waals surface area contributed by atoms with Gasteiger partial charge in [0.15, 0.2) is 0 Å². The molecule has 0 atom stereocenters. The summed E-state index contributed by atoms with van der Waals surface area (Å²) in [5.74, 6) is 4.79. The van der Waals surface area contributed by atoms with Crippen LogP contribution < -0.4 is 16.6 Å². The van der Waals surface area contributed by atoms with Gasteiger partial charge in [-0.3, -0.25) is 25.7 Å². The first-order chi connectivity index (χ1) is 10.0. The molecule has 0 aliphatic carbocycles. The van der Waals surface area contributed by atoms with E-state index in [1.54, 1.807) is 19.1 Å². The van der Waals surface area contributed by atoms with Crippen molar-refractivity contribution in [2.75, 3.05) is 10.7 Å². The number of hydrogen-bond acceptors (Lipinski definition) is 6.